The Kier molecular flexibility index (Phi) is 9.40. The van der Waals surface area contributed by atoms with E-state index in [0.29, 0.717) is 5.92 Å². The summed E-state index contributed by atoms with van der Waals surface area (Å²) in [5.41, 5.74) is 9.07. The molecule has 0 bridgehead atoms. The molecule has 6 rings (SSSR count). The smallest absolute Gasteiger partial charge is 0.0202 e. The van der Waals surface area contributed by atoms with Crippen molar-refractivity contribution in [1.82, 2.24) is 0 Å². The zero-order valence-electron chi connectivity index (χ0n) is 23.3. The standard InChI is InChI=1S/C20H24.C15H14.C2H6/c1-20(17-11-5-2-6-12-17,18-13-7-3-8-14-18)19-15-9-4-10-16-19;1-11-14-8-4-2-6-12(14)10-13-7-3-5-9-15(11)13;1-2/h2-3,5-8,11-14,19H,4,9-10,15-16H2,1H3;2-9,11H,10H2,1H3;1-2H3. The topological polar surface area (TPSA) is 0 Å². The number of rotatable bonds is 3. The lowest BCUT2D eigenvalue weighted by molar-refractivity contribution is 0.254. The van der Waals surface area contributed by atoms with E-state index in [4.69, 9.17) is 0 Å². The molecule has 0 aliphatic heterocycles. The van der Waals surface area contributed by atoms with Crippen molar-refractivity contribution in [2.75, 3.05) is 0 Å². The van der Waals surface area contributed by atoms with Gasteiger partial charge in [0.15, 0.2) is 0 Å². The first kappa shape index (κ1) is 26.9. The molecule has 192 valence electrons. The average molecular weight is 489 g/mol. The number of hydrogen-bond donors (Lipinski definition) is 0. The van der Waals surface area contributed by atoms with E-state index in [2.05, 4.69) is 123 Å². The summed E-state index contributed by atoms with van der Waals surface area (Å²) < 4.78 is 0. The Bertz CT molecular complexity index is 1130. The zero-order valence-corrected chi connectivity index (χ0v) is 23.3. The van der Waals surface area contributed by atoms with E-state index >= 15 is 0 Å². The van der Waals surface area contributed by atoms with Crippen molar-refractivity contribution in [2.24, 2.45) is 5.92 Å². The first-order valence-corrected chi connectivity index (χ1v) is 14.4. The Morgan fingerprint density at radius 2 is 0.946 bits per heavy atom. The quantitative estimate of drug-likeness (QED) is 0.269. The van der Waals surface area contributed by atoms with Gasteiger partial charge < -0.3 is 0 Å². The molecule has 0 nitrogen and oxygen atoms in total. The summed E-state index contributed by atoms with van der Waals surface area (Å²) in [5, 5.41) is 0. The molecule has 0 heterocycles. The summed E-state index contributed by atoms with van der Waals surface area (Å²) in [7, 11) is 0. The molecule has 1 fully saturated rings. The molecule has 0 amide bonds. The Labute approximate surface area is 225 Å². The predicted molar refractivity (Wildman–Crippen MR) is 160 cm³/mol. The first-order valence-electron chi connectivity index (χ1n) is 14.4. The molecule has 0 N–H and O–H groups in total. The van der Waals surface area contributed by atoms with Crippen molar-refractivity contribution >= 4 is 0 Å². The van der Waals surface area contributed by atoms with Crippen molar-refractivity contribution < 1.29 is 0 Å². The minimum Gasteiger partial charge on any atom is -0.0683 e. The molecule has 2 aliphatic carbocycles. The summed E-state index contributed by atoms with van der Waals surface area (Å²) in [6.07, 6.45) is 8.01. The highest BCUT2D eigenvalue weighted by Gasteiger charge is 2.37. The van der Waals surface area contributed by atoms with Crippen LogP contribution in [-0.2, 0) is 11.8 Å². The third-order valence-electron chi connectivity index (χ3n) is 8.59. The Hall–Kier alpha value is -3.12. The van der Waals surface area contributed by atoms with E-state index in [0.717, 1.165) is 12.3 Å². The van der Waals surface area contributed by atoms with Crippen LogP contribution in [0.15, 0.2) is 109 Å². The van der Waals surface area contributed by atoms with Gasteiger partial charge in [-0.3, -0.25) is 0 Å². The van der Waals surface area contributed by atoms with Gasteiger partial charge in [-0.2, -0.15) is 0 Å². The van der Waals surface area contributed by atoms with E-state index in [1.54, 1.807) is 0 Å². The molecule has 4 aromatic rings. The maximum absolute atomic E-state index is 2.45. The maximum atomic E-state index is 2.45. The van der Waals surface area contributed by atoms with Crippen LogP contribution in [0, 0.1) is 5.92 Å². The summed E-state index contributed by atoms with van der Waals surface area (Å²) in [6.45, 7) is 8.75. The van der Waals surface area contributed by atoms with Gasteiger partial charge in [0.25, 0.3) is 0 Å². The van der Waals surface area contributed by atoms with Crippen molar-refractivity contribution in [2.45, 2.75) is 77.6 Å². The van der Waals surface area contributed by atoms with Gasteiger partial charge in [0.1, 0.15) is 0 Å². The fraction of sp³-hybridized carbons (Fsp3) is 0.351. The van der Waals surface area contributed by atoms with E-state index in [1.807, 2.05) is 13.8 Å². The minimum atomic E-state index is 0.156. The minimum absolute atomic E-state index is 0.156. The van der Waals surface area contributed by atoms with Gasteiger partial charge in [0.2, 0.25) is 0 Å². The summed E-state index contributed by atoms with van der Waals surface area (Å²) >= 11 is 0. The lowest BCUT2D eigenvalue weighted by Crippen LogP contribution is -2.34. The normalized spacial score (nSPS) is 15.2. The molecule has 2 aliphatic rings. The molecule has 0 saturated heterocycles. The highest BCUT2D eigenvalue weighted by atomic mass is 14.4. The van der Waals surface area contributed by atoms with Crippen LogP contribution in [0.25, 0.3) is 0 Å². The van der Waals surface area contributed by atoms with Gasteiger partial charge in [-0.1, -0.05) is 156 Å². The molecule has 37 heavy (non-hydrogen) atoms. The van der Waals surface area contributed by atoms with Crippen molar-refractivity contribution in [3.05, 3.63) is 143 Å². The van der Waals surface area contributed by atoms with Crippen LogP contribution in [0.4, 0.5) is 0 Å². The van der Waals surface area contributed by atoms with Crippen molar-refractivity contribution in [3.8, 4) is 0 Å². The average Bonchev–Trinajstić information content (AvgIpc) is 3.00. The summed E-state index contributed by atoms with van der Waals surface area (Å²) in [5.74, 6) is 1.31. The molecule has 0 aromatic heterocycles. The van der Waals surface area contributed by atoms with Crippen LogP contribution in [0.2, 0.25) is 0 Å². The Morgan fingerprint density at radius 1 is 0.541 bits per heavy atom. The maximum Gasteiger partial charge on any atom is 0.0202 e. The van der Waals surface area contributed by atoms with Gasteiger partial charge in [-0.15, -0.1) is 0 Å². The highest BCUT2D eigenvalue weighted by Crippen LogP contribution is 2.45. The fourth-order valence-electron chi connectivity index (χ4n) is 6.49. The monoisotopic (exact) mass is 488 g/mol. The van der Waals surface area contributed by atoms with Crippen LogP contribution in [0.1, 0.15) is 99.1 Å². The molecule has 4 aromatic carbocycles. The van der Waals surface area contributed by atoms with Crippen molar-refractivity contribution in [3.63, 3.8) is 0 Å². The first-order chi connectivity index (χ1) is 18.2. The molecule has 0 unspecified atom stereocenters. The molecular weight excluding hydrogens is 444 g/mol. The van der Waals surface area contributed by atoms with Gasteiger partial charge >= 0.3 is 0 Å². The highest BCUT2D eigenvalue weighted by molar-refractivity contribution is 5.48. The Balaban J connectivity index is 0.000000168. The van der Waals surface area contributed by atoms with Crippen LogP contribution in [0.5, 0.6) is 0 Å². The van der Waals surface area contributed by atoms with Gasteiger partial charge in [0.05, 0.1) is 0 Å². The number of benzene rings is 4. The third kappa shape index (κ3) is 5.90. The summed E-state index contributed by atoms with van der Waals surface area (Å²) in [6, 6.07) is 39.8. The second-order valence-electron chi connectivity index (χ2n) is 10.6. The number of hydrogen-bond acceptors (Lipinski definition) is 0. The molecule has 0 heteroatoms. The lowest BCUT2D eigenvalue weighted by atomic mass is 9.63. The van der Waals surface area contributed by atoms with Crippen LogP contribution >= 0.6 is 0 Å². The summed E-state index contributed by atoms with van der Waals surface area (Å²) in [4.78, 5) is 0. The molecule has 1 saturated carbocycles. The van der Waals surface area contributed by atoms with Gasteiger partial charge in [-0.25, -0.2) is 0 Å². The molecule has 0 atom stereocenters. The molecular formula is C37H44. The van der Waals surface area contributed by atoms with Crippen LogP contribution in [0.3, 0.4) is 0 Å². The van der Waals surface area contributed by atoms with E-state index < -0.39 is 0 Å². The second kappa shape index (κ2) is 12.9. The third-order valence-corrected chi connectivity index (χ3v) is 8.59. The largest absolute Gasteiger partial charge is 0.0683 e. The lowest BCUT2D eigenvalue weighted by Gasteiger charge is -2.41. The van der Waals surface area contributed by atoms with Crippen molar-refractivity contribution in [1.29, 1.82) is 0 Å². The SMILES string of the molecule is CC.CC(c1ccccc1)(c1ccccc1)C1CCCCC1.CC1c2ccccc2Cc2ccccc21. The molecule has 0 radical (unpaired) electrons. The zero-order chi connectivity index (χ0) is 26.1. The Morgan fingerprint density at radius 3 is 1.41 bits per heavy atom. The van der Waals surface area contributed by atoms with E-state index in [9.17, 15) is 0 Å². The number of fused-ring (bicyclic) bond motifs is 2. The molecule has 0 spiro atoms. The van der Waals surface area contributed by atoms with Crippen LogP contribution in [-0.4, -0.2) is 0 Å². The van der Waals surface area contributed by atoms with Gasteiger partial charge in [0, 0.05) is 11.3 Å². The fourth-order valence-corrected chi connectivity index (χ4v) is 6.49. The van der Waals surface area contributed by atoms with Crippen LogP contribution < -0.4 is 0 Å². The predicted octanol–water partition coefficient (Wildman–Crippen LogP) is 10.3. The second-order valence-corrected chi connectivity index (χ2v) is 10.6. The van der Waals surface area contributed by atoms with E-state index in [-0.39, 0.29) is 5.41 Å². The van der Waals surface area contributed by atoms with Gasteiger partial charge in [-0.05, 0) is 58.6 Å². The van der Waals surface area contributed by atoms with E-state index in [1.165, 1.54) is 65.5 Å².